The minimum absolute atomic E-state index is 0.0340. The van der Waals surface area contributed by atoms with Gasteiger partial charge in [-0.1, -0.05) is 41.5 Å². The molecule has 2 aromatic carbocycles. The monoisotopic (exact) mass is 482 g/mol. The Hall–Kier alpha value is -3.44. The first-order valence-electron chi connectivity index (χ1n) is 11.8. The molecular formula is C30H30N2O2S. The van der Waals surface area contributed by atoms with Crippen molar-refractivity contribution in [3.63, 3.8) is 0 Å². The Morgan fingerprint density at radius 1 is 0.571 bits per heavy atom. The fraction of sp³-hybridized carbons (Fsp3) is 0.267. The zero-order chi connectivity index (χ0) is 24.8. The highest BCUT2D eigenvalue weighted by Crippen LogP contribution is 2.39. The Morgan fingerprint density at radius 3 is 1.40 bits per heavy atom. The van der Waals surface area contributed by atoms with Gasteiger partial charge in [0.15, 0.2) is 0 Å². The molecule has 3 aromatic heterocycles. The molecule has 0 N–H and O–H groups in total. The van der Waals surface area contributed by atoms with Crippen LogP contribution in [0, 0.1) is 0 Å². The number of nitrogens with zero attached hydrogens (tertiary/aromatic N) is 2. The van der Waals surface area contributed by atoms with Crippen molar-refractivity contribution in [3.8, 4) is 23.3 Å². The maximum Gasteiger partial charge on any atom is 0.219 e. The molecule has 0 radical (unpaired) electrons. The van der Waals surface area contributed by atoms with E-state index in [1.165, 1.54) is 20.5 Å². The standard InChI is InChI=1S/C30H30N2O2S/c1-29(2,3)19-11-13-31-27(15-19)33-21-7-9-25-23(17-21)24-18-22(8-10-26(24)35-25)34-28-16-20(12-14-32-28)30(4,5)6/h7-18H,1-6H3. The molecule has 5 rings (SSSR count). The van der Waals surface area contributed by atoms with Gasteiger partial charge in [0.25, 0.3) is 0 Å². The van der Waals surface area contributed by atoms with Crippen molar-refractivity contribution in [2.75, 3.05) is 0 Å². The first-order valence-corrected chi connectivity index (χ1v) is 12.6. The van der Waals surface area contributed by atoms with E-state index in [1.54, 1.807) is 23.7 Å². The molecule has 5 aromatic rings. The van der Waals surface area contributed by atoms with E-state index in [4.69, 9.17) is 9.47 Å². The summed E-state index contributed by atoms with van der Waals surface area (Å²) < 4.78 is 14.7. The van der Waals surface area contributed by atoms with Gasteiger partial charge in [0.1, 0.15) is 11.5 Å². The van der Waals surface area contributed by atoms with Gasteiger partial charge in [-0.3, -0.25) is 0 Å². The van der Waals surface area contributed by atoms with Crippen LogP contribution in [0.1, 0.15) is 52.7 Å². The summed E-state index contributed by atoms with van der Waals surface area (Å²) in [5, 5.41) is 2.27. The maximum absolute atomic E-state index is 6.16. The van der Waals surface area contributed by atoms with Crippen LogP contribution in [-0.4, -0.2) is 9.97 Å². The van der Waals surface area contributed by atoms with Gasteiger partial charge in [0.2, 0.25) is 11.8 Å². The third-order valence-corrected chi connectivity index (χ3v) is 7.21. The van der Waals surface area contributed by atoms with Crippen molar-refractivity contribution in [2.24, 2.45) is 0 Å². The molecule has 0 spiro atoms. The van der Waals surface area contributed by atoms with Crippen LogP contribution in [-0.2, 0) is 10.8 Å². The first kappa shape index (κ1) is 23.3. The molecule has 178 valence electrons. The zero-order valence-corrected chi connectivity index (χ0v) is 21.9. The highest BCUT2D eigenvalue weighted by molar-refractivity contribution is 7.25. The minimum atomic E-state index is 0.0340. The molecule has 0 aliphatic carbocycles. The fourth-order valence-electron chi connectivity index (χ4n) is 3.97. The summed E-state index contributed by atoms with van der Waals surface area (Å²) in [6.07, 6.45) is 3.61. The van der Waals surface area contributed by atoms with Crippen LogP contribution in [0.25, 0.3) is 20.2 Å². The summed E-state index contributed by atoms with van der Waals surface area (Å²) in [5.41, 5.74) is 2.45. The summed E-state index contributed by atoms with van der Waals surface area (Å²) in [7, 11) is 0. The molecule has 0 saturated carbocycles. The van der Waals surface area contributed by atoms with Crippen LogP contribution in [0.3, 0.4) is 0 Å². The van der Waals surface area contributed by atoms with Crippen LogP contribution in [0.2, 0.25) is 0 Å². The molecular weight excluding hydrogens is 452 g/mol. The largest absolute Gasteiger partial charge is 0.439 e. The molecule has 0 unspecified atom stereocenters. The third-order valence-electron chi connectivity index (χ3n) is 6.06. The molecule has 0 saturated heterocycles. The van der Waals surface area contributed by atoms with E-state index in [1.807, 2.05) is 36.4 Å². The van der Waals surface area contributed by atoms with Gasteiger partial charge in [0.05, 0.1) is 0 Å². The number of rotatable bonds is 4. The Labute approximate surface area is 210 Å². The summed E-state index contributed by atoms with van der Waals surface area (Å²) in [6, 6.07) is 20.5. The number of aromatic nitrogens is 2. The maximum atomic E-state index is 6.16. The van der Waals surface area contributed by atoms with Gasteiger partial charge in [0, 0.05) is 44.7 Å². The predicted molar refractivity (Wildman–Crippen MR) is 145 cm³/mol. The molecule has 0 amide bonds. The fourth-order valence-corrected chi connectivity index (χ4v) is 5.03. The zero-order valence-electron chi connectivity index (χ0n) is 21.0. The van der Waals surface area contributed by atoms with Crippen molar-refractivity contribution >= 4 is 31.5 Å². The quantitative estimate of drug-likeness (QED) is 0.256. The van der Waals surface area contributed by atoms with Crippen molar-refractivity contribution < 1.29 is 9.47 Å². The van der Waals surface area contributed by atoms with Gasteiger partial charge < -0.3 is 9.47 Å². The second kappa shape index (κ2) is 8.65. The molecule has 0 fully saturated rings. The number of hydrogen-bond acceptors (Lipinski definition) is 5. The van der Waals surface area contributed by atoms with Crippen molar-refractivity contribution in [3.05, 3.63) is 84.2 Å². The van der Waals surface area contributed by atoms with Crippen LogP contribution in [0.5, 0.6) is 23.3 Å². The lowest BCUT2D eigenvalue weighted by Gasteiger charge is -2.19. The second-order valence-corrected chi connectivity index (χ2v) is 12.0. The molecule has 0 atom stereocenters. The van der Waals surface area contributed by atoms with Crippen molar-refractivity contribution in [1.82, 2.24) is 9.97 Å². The van der Waals surface area contributed by atoms with Crippen LogP contribution in [0.15, 0.2) is 73.1 Å². The van der Waals surface area contributed by atoms with E-state index >= 15 is 0 Å². The molecule has 5 heteroatoms. The van der Waals surface area contributed by atoms with E-state index in [0.717, 1.165) is 22.3 Å². The number of benzene rings is 2. The predicted octanol–water partition coefficient (Wildman–Crippen LogP) is 9.02. The average molecular weight is 483 g/mol. The van der Waals surface area contributed by atoms with E-state index in [-0.39, 0.29) is 10.8 Å². The number of fused-ring (bicyclic) bond motifs is 3. The third kappa shape index (κ3) is 5.01. The van der Waals surface area contributed by atoms with Crippen LogP contribution < -0.4 is 9.47 Å². The lowest BCUT2D eigenvalue weighted by Crippen LogP contribution is -2.11. The Balaban J connectivity index is 1.47. The normalized spacial score (nSPS) is 12.3. The molecule has 0 aliphatic rings. The van der Waals surface area contributed by atoms with E-state index in [0.29, 0.717) is 11.8 Å². The van der Waals surface area contributed by atoms with Gasteiger partial charge in [-0.05, 0) is 70.5 Å². The highest BCUT2D eigenvalue weighted by Gasteiger charge is 2.16. The van der Waals surface area contributed by atoms with Gasteiger partial charge in [-0.25, -0.2) is 9.97 Å². The molecule has 0 aliphatic heterocycles. The molecule has 35 heavy (non-hydrogen) atoms. The Morgan fingerprint density at radius 2 is 1.00 bits per heavy atom. The smallest absolute Gasteiger partial charge is 0.219 e. The van der Waals surface area contributed by atoms with Gasteiger partial charge in [-0.15, -0.1) is 11.3 Å². The van der Waals surface area contributed by atoms with Gasteiger partial charge in [-0.2, -0.15) is 0 Å². The summed E-state index contributed by atoms with van der Waals surface area (Å²) >= 11 is 1.76. The summed E-state index contributed by atoms with van der Waals surface area (Å²) in [5.74, 6) is 2.73. The lowest BCUT2D eigenvalue weighted by molar-refractivity contribution is 0.459. The average Bonchev–Trinajstić information content (AvgIpc) is 3.16. The van der Waals surface area contributed by atoms with Crippen LogP contribution >= 0.6 is 11.3 Å². The number of thiophene rings is 1. The Bertz CT molecular complexity index is 1410. The molecule has 3 heterocycles. The number of pyridine rings is 2. The topological polar surface area (TPSA) is 44.2 Å². The van der Waals surface area contributed by atoms with E-state index < -0.39 is 0 Å². The second-order valence-electron chi connectivity index (χ2n) is 10.9. The van der Waals surface area contributed by atoms with E-state index in [9.17, 15) is 0 Å². The molecule has 0 bridgehead atoms. The lowest BCUT2D eigenvalue weighted by atomic mass is 9.88. The highest BCUT2D eigenvalue weighted by atomic mass is 32.1. The van der Waals surface area contributed by atoms with Crippen LogP contribution in [0.4, 0.5) is 0 Å². The van der Waals surface area contributed by atoms with E-state index in [2.05, 4.69) is 75.8 Å². The SMILES string of the molecule is CC(C)(C)c1ccnc(Oc2ccc3sc4ccc(Oc5cc(C(C)(C)C)ccn5)cc4c3c2)c1. The number of ether oxygens (including phenoxy) is 2. The number of hydrogen-bond donors (Lipinski definition) is 0. The minimum Gasteiger partial charge on any atom is -0.439 e. The van der Waals surface area contributed by atoms with Crippen molar-refractivity contribution in [2.45, 2.75) is 52.4 Å². The van der Waals surface area contributed by atoms with Gasteiger partial charge >= 0.3 is 0 Å². The molecule has 4 nitrogen and oxygen atoms in total. The van der Waals surface area contributed by atoms with Crippen molar-refractivity contribution in [1.29, 1.82) is 0 Å². The Kier molecular flexibility index (Phi) is 5.76. The summed E-state index contributed by atoms with van der Waals surface area (Å²) in [6.45, 7) is 13.1. The first-order chi connectivity index (χ1) is 16.6. The summed E-state index contributed by atoms with van der Waals surface area (Å²) in [4.78, 5) is 8.83.